The van der Waals surface area contributed by atoms with Gasteiger partial charge in [-0.3, -0.25) is 9.59 Å². The molecule has 2 amide bonds. The molecule has 2 aromatic carbocycles. The average molecular weight is 401 g/mol. The Kier molecular flexibility index (Phi) is 5.50. The van der Waals surface area contributed by atoms with Gasteiger partial charge in [0.2, 0.25) is 11.8 Å². The van der Waals surface area contributed by atoms with E-state index in [0.29, 0.717) is 37.7 Å². The zero-order valence-corrected chi connectivity index (χ0v) is 15.9. The molecule has 0 saturated carbocycles. The number of ether oxygens (including phenoxy) is 1. The van der Waals surface area contributed by atoms with E-state index in [4.69, 9.17) is 4.74 Å². The molecule has 1 atom stereocenters. The van der Waals surface area contributed by atoms with Gasteiger partial charge in [0.05, 0.1) is 29.8 Å². The second kappa shape index (κ2) is 8.20. The van der Waals surface area contributed by atoms with Crippen LogP contribution in [0.4, 0.5) is 21.5 Å². The smallest absolute Gasteiger partial charge is 0.238 e. The number of halogens is 1. The maximum absolute atomic E-state index is 14.5. The number of carbonyl (C=O) groups is 2. The first kappa shape index (κ1) is 18.8. The Hall–Kier alpha value is -2.58. The summed E-state index contributed by atoms with van der Waals surface area (Å²) in [6, 6.07) is 12.1. The Morgan fingerprint density at radius 1 is 1.25 bits per heavy atom. The van der Waals surface area contributed by atoms with Gasteiger partial charge in [-0.05, 0) is 30.3 Å². The first-order valence-electron chi connectivity index (χ1n) is 9.09. The number of para-hydroxylation sites is 1. The lowest BCUT2D eigenvalue weighted by molar-refractivity contribution is -0.120. The second-order valence-corrected chi connectivity index (χ2v) is 7.85. The SMILES string of the molecule is O=C(CC1Sc2ccccc2NC1=O)Nc1ccc(N2CCOCC2)c(F)c1. The van der Waals surface area contributed by atoms with Crippen molar-refractivity contribution in [3.05, 3.63) is 48.3 Å². The summed E-state index contributed by atoms with van der Waals surface area (Å²) < 4.78 is 19.8. The van der Waals surface area contributed by atoms with Crippen LogP contribution < -0.4 is 15.5 Å². The van der Waals surface area contributed by atoms with Gasteiger partial charge < -0.3 is 20.3 Å². The van der Waals surface area contributed by atoms with Crippen LogP contribution in [0.5, 0.6) is 0 Å². The van der Waals surface area contributed by atoms with Crippen molar-refractivity contribution in [2.75, 3.05) is 41.8 Å². The predicted molar refractivity (Wildman–Crippen MR) is 107 cm³/mol. The molecule has 0 aliphatic carbocycles. The van der Waals surface area contributed by atoms with E-state index in [9.17, 15) is 14.0 Å². The van der Waals surface area contributed by atoms with Crippen LogP contribution in [0.1, 0.15) is 6.42 Å². The van der Waals surface area contributed by atoms with E-state index in [2.05, 4.69) is 10.6 Å². The highest BCUT2D eigenvalue weighted by molar-refractivity contribution is 8.01. The van der Waals surface area contributed by atoms with Crippen molar-refractivity contribution in [2.24, 2.45) is 0 Å². The summed E-state index contributed by atoms with van der Waals surface area (Å²) in [4.78, 5) is 27.5. The predicted octanol–water partition coefficient (Wildman–Crippen LogP) is 3.10. The third kappa shape index (κ3) is 4.13. The number of amides is 2. The fourth-order valence-corrected chi connectivity index (χ4v) is 4.36. The van der Waals surface area contributed by atoms with Gasteiger partial charge in [0.1, 0.15) is 5.82 Å². The number of anilines is 3. The molecule has 6 nitrogen and oxygen atoms in total. The highest BCUT2D eigenvalue weighted by Gasteiger charge is 2.29. The second-order valence-electron chi connectivity index (χ2n) is 6.61. The molecule has 2 aliphatic rings. The van der Waals surface area contributed by atoms with Gasteiger partial charge in [-0.15, -0.1) is 11.8 Å². The molecule has 0 radical (unpaired) electrons. The number of hydrogen-bond acceptors (Lipinski definition) is 5. The van der Waals surface area contributed by atoms with Gasteiger partial charge >= 0.3 is 0 Å². The van der Waals surface area contributed by atoms with Gasteiger partial charge in [-0.25, -0.2) is 4.39 Å². The average Bonchev–Trinajstić information content (AvgIpc) is 2.69. The third-order valence-corrected chi connectivity index (χ3v) is 5.94. The fraction of sp³-hybridized carbons (Fsp3) is 0.300. The topological polar surface area (TPSA) is 70.7 Å². The highest BCUT2D eigenvalue weighted by Crippen LogP contribution is 2.36. The Morgan fingerprint density at radius 2 is 2.04 bits per heavy atom. The highest BCUT2D eigenvalue weighted by atomic mass is 32.2. The Morgan fingerprint density at radius 3 is 2.82 bits per heavy atom. The summed E-state index contributed by atoms with van der Waals surface area (Å²) in [7, 11) is 0. The molecule has 2 heterocycles. The Balaban J connectivity index is 1.38. The van der Waals surface area contributed by atoms with Gasteiger partial charge in [-0.1, -0.05) is 12.1 Å². The molecule has 2 aromatic rings. The molecule has 1 fully saturated rings. The number of hydrogen-bond donors (Lipinski definition) is 2. The third-order valence-electron chi connectivity index (χ3n) is 4.66. The molecule has 1 unspecified atom stereocenters. The molecule has 0 bridgehead atoms. The summed E-state index contributed by atoms with van der Waals surface area (Å²) in [5.74, 6) is -0.920. The van der Waals surface area contributed by atoms with E-state index < -0.39 is 11.1 Å². The van der Waals surface area contributed by atoms with Gasteiger partial charge in [0.15, 0.2) is 0 Å². The summed E-state index contributed by atoms with van der Waals surface area (Å²) >= 11 is 1.36. The van der Waals surface area contributed by atoms with Crippen molar-refractivity contribution in [2.45, 2.75) is 16.6 Å². The van der Waals surface area contributed by atoms with E-state index in [-0.39, 0.29) is 18.2 Å². The maximum Gasteiger partial charge on any atom is 0.238 e. The fourth-order valence-electron chi connectivity index (χ4n) is 3.25. The van der Waals surface area contributed by atoms with Crippen molar-refractivity contribution < 1.29 is 18.7 Å². The Labute approximate surface area is 166 Å². The number of morpholine rings is 1. The van der Waals surface area contributed by atoms with Gasteiger partial charge in [0.25, 0.3) is 0 Å². The van der Waals surface area contributed by atoms with E-state index in [0.717, 1.165) is 10.6 Å². The first-order chi connectivity index (χ1) is 13.6. The van der Waals surface area contributed by atoms with Crippen LogP contribution >= 0.6 is 11.8 Å². The van der Waals surface area contributed by atoms with Crippen LogP contribution in [-0.2, 0) is 14.3 Å². The monoisotopic (exact) mass is 401 g/mol. The molecule has 4 rings (SSSR count). The minimum atomic E-state index is -0.521. The summed E-state index contributed by atoms with van der Waals surface area (Å²) in [6.07, 6.45) is 0.0116. The van der Waals surface area contributed by atoms with Crippen molar-refractivity contribution in [1.29, 1.82) is 0 Å². The summed E-state index contributed by atoms with van der Waals surface area (Å²) in [5, 5.41) is 4.98. The van der Waals surface area contributed by atoms with Crippen molar-refractivity contribution in [3.8, 4) is 0 Å². The molecule has 146 valence electrons. The van der Waals surface area contributed by atoms with E-state index >= 15 is 0 Å². The quantitative estimate of drug-likeness (QED) is 0.824. The van der Waals surface area contributed by atoms with Gasteiger partial charge in [-0.2, -0.15) is 0 Å². The summed E-state index contributed by atoms with van der Waals surface area (Å²) in [6.45, 7) is 2.42. The van der Waals surface area contributed by atoms with Crippen LogP contribution in [0.25, 0.3) is 0 Å². The molecule has 8 heteroatoms. The normalized spacial score (nSPS) is 19.0. The standard InChI is InChI=1S/C20H20FN3O3S/c21-14-11-13(5-6-16(14)24-7-9-27-10-8-24)22-19(25)12-18-20(26)23-15-3-1-2-4-17(15)28-18/h1-6,11,18H,7-10,12H2,(H,22,25)(H,23,26). The Bertz CT molecular complexity index is 902. The number of fused-ring (bicyclic) bond motifs is 1. The number of rotatable bonds is 4. The first-order valence-corrected chi connectivity index (χ1v) is 9.97. The van der Waals surface area contributed by atoms with Crippen molar-refractivity contribution in [1.82, 2.24) is 0 Å². The van der Waals surface area contributed by atoms with Crippen LogP contribution in [0.2, 0.25) is 0 Å². The van der Waals surface area contributed by atoms with Crippen molar-refractivity contribution in [3.63, 3.8) is 0 Å². The molecular formula is C20H20FN3O3S. The largest absolute Gasteiger partial charge is 0.378 e. The van der Waals surface area contributed by atoms with E-state index in [1.165, 1.54) is 17.8 Å². The van der Waals surface area contributed by atoms with Gasteiger partial charge in [0, 0.05) is 30.1 Å². The molecule has 28 heavy (non-hydrogen) atoms. The number of thioether (sulfide) groups is 1. The zero-order chi connectivity index (χ0) is 19.5. The number of carbonyl (C=O) groups excluding carboxylic acids is 2. The lowest BCUT2D eigenvalue weighted by atomic mass is 10.2. The molecule has 0 aromatic heterocycles. The van der Waals surface area contributed by atoms with Crippen LogP contribution in [-0.4, -0.2) is 43.4 Å². The number of benzene rings is 2. The molecular weight excluding hydrogens is 381 g/mol. The molecule has 2 N–H and O–H groups in total. The maximum atomic E-state index is 14.5. The molecule has 1 saturated heterocycles. The van der Waals surface area contributed by atoms with E-state index in [1.807, 2.05) is 29.2 Å². The summed E-state index contributed by atoms with van der Waals surface area (Å²) in [5.41, 5.74) is 1.64. The lowest BCUT2D eigenvalue weighted by Crippen LogP contribution is -2.36. The van der Waals surface area contributed by atoms with Crippen molar-refractivity contribution >= 4 is 40.6 Å². The minimum absolute atomic E-state index is 0.0116. The van der Waals surface area contributed by atoms with E-state index in [1.54, 1.807) is 12.1 Å². The number of nitrogens with one attached hydrogen (secondary N) is 2. The van der Waals surface area contributed by atoms with Crippen LogP contribution in [0.15, 0.2) is 47.4 Å². The zero-order valence-electron chi connectivity index (χ0n) is 15.1. The molecule has 0 spiro atoms. The van der Waals surface area contributed by atoms with Crippen LogP contribution in [0, 0.1) is 5.82 Å². The lowest BCUT2D eigenvalue weighted by Gasteiger charge is -2.29. The minimum Gasteiger partial charge on any atom is -0.378 e. The number of nitrogens with zero attached hydrogens (tertiary/aromatic N) is 1. The molecule has 2 aliphatic heterocycles. The van der Waals surface area contributed by atoms with Crippen LogP contribution in [0.3, 0.4) is 0 Å².